The van der Waals surface area contributed by atoms with Gasteiger partial charge in [-0.3, -0.25) is 4.98 Å². The Morgan fingerprint density at radius 1 is 0.800 bits per heavy atom. The number of aliphatic hydroxyl groups excluding tert-OH is 1. The molecule has 173 valence electrons. The van der Waals surface area contributed by atoms with Crippen molar-refractivity contribution in [2.24, 2.45) is 20.6 Å². The van der Waals surface area contributed by atoms with E-state index >= 15 is 0 Å². The van der Waals surface area contributed by atoms with Crippen LogP contribution >= 0.6 is 0 Å². The molecule has 0 saturated heterocycles. The molecule has 0 aliphatic heterocycles. The molecule has 1 aromatic rings. The Hall–Kier alpha value is -2.50. The number of aliphatic hydroxyl groups is 1. The standard InChI is InChI=1S/C6H11O.C5H5N.2C4H8N2O2.Co/c7-6-4-2-1-3-5-6;1-2-4-6-5-3-1;2*1-3(5-7)4(2)6-8;/h4,6-7H,1-3,5H2;1-5H;2*7-8H,1-2H3;/q-1;;;;/p-4/b;;2*5-3+,6-4+;/t6-;;;;/m1..../s1. The molecule has 1 fully saturated rings. The van der Waals surface area contributed by atoms with Gasteiger partial charge in [0.1, 0.15) is 0 Å². The third-order valence-corrected chi connectivity index (χ3v) is 3.55. The topological polar surface area (TPSA) is 175 Å². The van der Waals surface area contributed by atoms with Crippen molar-refractivity contribution in [1.29, 1.82) is 0 Å². The summed E-state index contributed by atoms with van der Waals surface area (Å²) < 4.78 is 0. The molecule has 1 radical (unpaired) electrons. The van der Waals surface area contributed by atoms with E-state index in [1.807, 2.05) is 24.6 Å². The molecule has 2 rings (SSSR count). The van der Waals surface area contributed by atoms with Crippen molar-refractivity contribution in [3.05, 3.63) is 57.8 Å². The Kier molecular flexibility index (Phi) is 24.4. The minimum absolute atomic E-state index is 0. The molecule has 30 heavy (non-hydrogen) atoms. The largest absolute Gasteiger partial charge is 0.792 e. The average molecular weight is 465 g/mol. The summed E-state index contributed by atoms with van der Waals surface area (Å²) in [6, 6.07) is 5.72. The van der Waals surface area contributed by atoms with Crippen LogP contribution in [0.2, 0.25) is 0 Å². The molecular weight excluding hydrogens is 437 g/mol. The van der Waals surface area contributed by atoms with Crippen LogP contribution in [-0.2, 0) is 16.8 Å². The van der Waals surface area contributed by atoms with Gasteiger partial charge >= 0.3 is 0 Å². The zero-order chi connectivity index (χ0) is 22.5. The van der Waals surface area contributed by atoms with E-state index < -0.39 is 0 Å². The van der Waals surface area contributed by atoms with Gasteiger partial charge in [0, 0.05) is 52.0 Å². The molecule has 11 heteroatoms. The van der Waals surface area contributed by atoms with E-state index in [2.05, 4.69) is 25.6 Å². The molecule has 1 aliphatic carbocycles. The summed E-state index contributed by atoms with van der Waals surface area (Å²) in [6.45, 7) is 5.74. The Balaban J connectivity index is -0.000000321. The van der Waals surface area contributed by atoms with Gasteiger partial charge < -0.3 is 53.0 Å². The van der Waals surface area contributed by atoms with Crippen molar-refractivity contribution >= 4 is 22.8 Å². The van der Waals surface area contributed by atoms with Gasteiger partial charge in [-0.15, -0.1) is 0 Å². The van der Waals surface area contributed by atoms with Crippen LogP contribution in [0, 0.1) is 27.2 Å². The van der Waals surface area contributed by atoms with Crippen LogP contribution in [0.15, 0.2) is 51.2 Å². The first kappa shape index (κ1) is 32.2. The summed E-state index contributed by atoms with van der Waals surface area (Å²) in [7, 11) is 0. The molecule has 1 N–H and O–H groups in total. The van der Waals surface area contributed by atoms with Crippen LogP contribution in [-0.4, -0.2) is 39.0 Å². The summed E-state index contributed by atoms with van der Waals surface area (Å²) >= 11 is 0. The van der Waals surface area contributed by atoms with E-state index in [1.165, 1.54) is 40.5 Å². The van der Waals surface area contributed by atoms with Crippen molar-refractivity contribution in [2.45, 2.75) is 59.5 Å². The van der Waals surface area contributed by atoms with E-state index in [4.69, 9.17) is 5.11 Å². The molecule has 0 bridgehead atoms. The van der Waals surface area contributed by atoms with E-state index in [1.54, 1.807) is 12.4 Å². The minimum Gasteiger partial charge on any atom is -0.792 e. The number of hydrogen-bond acceptors (Lipinski definition) is 10. The van der Waals surface area contributed by atoms with E-state index in [9.17, 15) is 20.8 Å². The van der Waals surface area contributed by atoms with Crippen molar-refractivity contribution in [2.75, 3.05) is 0 Å². The normalized spacial score (nSPS) is 16.9. The second-order valence-corrected chi connectivity index (χ2v) is 5.82. The van der Waals surface area contributed by atoms with Gasteiger partial charge in [-0.25, -0.2) is 0 Å². The summed E-state index contributed by atoms with van der Waals surface area (Å²) in [5, 5.41) is 57.2. The number of hydrogen-bond donors (Lipinski definition) is 1. The first-order valence-corrected chi connectivity index (χ1v) is 8.88. The van der Waals surface area contributed by atoms with Gasteiger partial charge in [-0.2, -0.15) is 6.42 Å². The van der Waals surface area contributed by atoms with Crippen molar-refractivity contribution in [3.63, 3.8) is 0 Å². The summed E-state index contributed by atoms with van der Waals surface area (Å²) in [5.74, 6) is 0. The first-order valence-electron chi connectivity index (χ1n) is 8.88. The van der Waals surface area contributed by atoms with Crippen LogP contribution in [0.3, 0.4) is 0 Å². The minimum atomic E-state index is -0.0891. The zero-order valence-corrected chi connectivity index (χ0v) is 18.6. The number of pyridine rings is 1. The SMILES string of the molecule is CC(=N\[O-])/C(C)=N/[O-].CC(=N\[O-])/C(C)=N/[O-].O[C@@H]1[CH-]CCCC1.[Co].c1ccncc1. The molecule has 1 aromatic heterocycles. The zero-order valence-electron chi connectivity index (χ0n) is 17.5. The maximum Gasteiger partial charge on any atom is 0.0465 e. The monoisotopic (exact) mass is 465 g/mol. The van der Waals surface area contributed by atoms with E-state index in [0.29, 0.717) is 0 Å². The maximum atomic E-state index is 9.60. The second-order valence-electron chi connectivity index (χ2n) is 5.82. The van der Waals surface area contributed by atoms with Gasteiger partial charge in [-0.1, -0.05) is 31.4 Å². The number of nitrogens with zero attached hydrogens (tertiary/aromatic N) is 5. The predicted molar refractivity (Wildman–Crippen MR) is 119 cm³/mol. The van der Waals surface area contributed by atoms with Gasteiger partial charge in [0.2, 0.25) is 0 Å². The predicted octanol–water partition coefficient (Wildman–Crippen LogP) is 4.01. The smallest absolute Gasteiger partial charge is 0.0465 e. The van der Waals surface area contributed by atoms with Crippen LogP contribution < -0.4 is 0 Å². The molecule has 0 unspecified atom stereocenters. The first-order chi connectivity index (χ1) is 13.8. The van der Waals surface area contributed by atoms with E-state index in [-0.39, 0.29) is 45.7 Å². The molecule has 1 saturated carbocycles. The molecule has 1 aliphatic rings. The molecule has 0 aromatic carbocycles. The average Bonchev–Trinajstić information content (AvgIpc) is 2.79. The molecule has 1 heterocycles. The Morgan fingerprint density at radius 2 is 1.20 bits per heavy atom. The quantitative estimate of drug-likeness (QED) is 0.392. The third-order valence-electron chi connectivity index (χ3n) is 3.55. The van der Waals surface area contributed by atoms with Crippen molar-refractivity contribution in [1.82, 2.24) is 4.98 Å². The Bertz CT molecular complexity index is 543. The van der Waals surface area contributed by atoms with E-state index in [0.717, 1.165) is 12.8 Å². The van der Waals surface area contributed by atoms with Gasteiger partial charge in [0.05, 0.1) is 0 Å². The van der Waals surface area contributed by atoms with Gasteiger partial charge in [-0.05, 0) is 39.8 Å². The fourth-order valence-electron chi connectivity index (χ4n) is 1.50. The van der Waals surface area contributed by atoms with Gasteiger partial charge in [0.25, 0.3) is 0 Å². The molecule has 0 spiro atoms. The summed E-state index contributed by atoms with van der Waals surface area (Å²) in [5.41, 5.74) is 0.556. The number of rotatable bonds is 2. The fourth-order valence-corrected chi connectivity index (χ4v) is 1.50. The summed E-state index contributed by atoms with van der Waals surface area (Å²) in [6.07, 6.45) is 9.98. The second kappa shape index (κ2) is 22.8. The molecular formula is C19H28CoN5O5-5. The third kappa shape index (κ3) is 20.2. The van der Waals surface area contributed by atoms with Crippen LogP contribution in [0.5, 0.6) is 0 Å². The molecule has 1 atom stereocenters. The van der Waals surface area contributed by atoms with Crippen molar-refractivity contribution < 1.29 is 21.9 Å². The maximum absolute atomic E-state index is 9.60. The Labute approximate surface area is 187 Å². The molecule has 10 nitrogen and oxygen atoms in total. The van der Waals surface area contributed by atoms with Crippen LogP contribution in [0.25, 0.3) is 0 Å². The Morgan fingerprint density at radius 3 is 1.33 bits per heavy atom. The summed E-state index contributed by atoms with van der Waals surface area (Å²) in [4.78, 5) is 3.78. The fraction of sp³-hybridized carbons (Fsp3) is 0.474. The number of aromatic nitrogens is 1. The molecule has 0 amide bonds. The van der Waals surface area contributed by atoms with Crippen molar-refractivity contribution in [3.8, 4) is 0 Å². The van der Waals surface area contributed by atoms with Gasteiger partial charge in [0.15, 0.2) is 0 Å². The van der Waals surface area contributed by atoms with Crippen LogP contribution in [0.4, 0.5) is 0 Å². The van der Waals surface area contributed by atoms with Crippen LogP contribution in [0.1, 0.15) is 53.4 Å².